The summed E-state index contributed by atoms with van der Waals surface area (Å²) in [5.41, 5.74) is 0.553. The van der Waals surface area contributed by atoms with Crippen molar-refractivity contribution in [1.29, 1.82) is 0 Å². The van der Waals surface area contributed by atoms with Gasteiger partial charge in [0.2, 0.25) is 5.91 Å². The minimum atomic E-state index is -0.122. The van der Waals surface area contributed by atoms with Gasteiger partial charge in [-0.3, -0.25) is 14.3 Å². The average molecular weight is 315 g/mol. The van der Waals surface area contributed by atoms with Crippen LogP contribution in [-0.2, 0) is 11.8 Å². The molecular formula is C16H21N5O2. The predicted octanol–water partition coefficient (Wildman–Crippen LogP) is 0.951. The van der Waals surface area contributed by atoms with Crippen molar-refractivity contribution in [3.63, 3.8) is 0 Å². The zero-order valence-corrected chi connectivity index (χ0v) is 13.4. The number of rotatable bonds is 3. The highest BCUT2D eigenvalue weighted by molar-refractivity contribution is 5.97. The summed E-state index contributed by atoms with van der Waals surface area (Å²) >= 11 is 0. The first-order valence-electron chi connectivity index (χ1n) is 7.78. The molecule has 7 nitrogen and oxygen atoms in total. The Kier molecular flexibility index (Phi) is 4.18. The van der Waals surface area contributed by atoms with Gasteiger partial charge in [0.05, 0.1) is 6.20 Å². The molecule has 0 unspecified atom stereocenters. The van der Waals surface area contributed by atoms with Crippen LogP contribution in [0.3, 0.4) is 0 Å². The van der Waals surface area contributed by atoms with Crippen molar-refractivity contribution < 1.29 is 9.59 Å². The standard InChI is InChI=1S/C16H21N5O2/c1-12(22)20-9-5-13(6-10-20)18-15(23)14-11-17-19(2)16(14)21-7-3-4-8-21/h3-4,7-8,11,13H,5-6,9-10H2,1-2H3,(H,18,23). The maximum atomic E-state index is 12.6. The summed E-state index contributed by atoms with van der Waals surface area (Å²) < 4.78 is 3.56. The van der Waals surface area contributed by atoms with Gasteiger partial charge in [0.1, 0.15) is 11.4 Å². The Hall–Kier alpha value is -2.57. The van der Waals surface area contributed by atoms with Gasteiger partial charge < -0.3 is 14.8 Å². The first kappa shape index (κ1) is 15.3. The summed E-state index contributed by atoms with van der Waals surface area (Å²) in [4.78, 5) is 25.8. The molecule has 7 heteroatoms. The fraction of sp³-hybridized carbons (Fsp3) is 0.438. The van der Waals surface area contributed by atoms with Gasteiger partial charge in [0.25, 0.3) is 5.91 Å². The summed E-state index contributed by atoms with van der Waals surface area (Å²) in [6.07, 6.45) is 6.93. The van der Waals surface area contributed by atoms with E-state index < -0.39 is 0 Å². The largest absolute Gasteiger partial charge is 0.349 e. The van der Waals surface area contributed by atoms with Crippen molar-refractivity contribution in [2.24, 2.45) is 7.05 Å². The lowest BCUT2D eigenvalue weighted by Crippen LogP contribution is -2.46. The van der Waals surface area contributed by atoms with Crippen LogP contribution in [0.4, 0.5) is 0 Å². The van der Waals surface area contributed by atoms with Gasteiger partial charge in [0, 0.05) is 45.5 Å². The number of carbonyl (C=O) groups excluding carboxylic acids is 2. The van der Waals surface area contributed by atoms with Crippen LogP contribution in [0.2, 0.25) is 0 Å². The van der Waals surface area contributed by atoms with Gasteiger partial charge >= 0.3 is 0 Å². The van der Waals surface area contributed by atoms with E-state index in [0.717, 1.165) is 18.7 Å². The van der Waals surface area contributed by atoms with Gasteiger partial charge in [-0.2, -0.15) is 5.10 Å². The Bertz CT molecular complexity index is 696. The average Bonchev–Trinajstić information content (AvgIpc) is 3.16. The predicted molar refractivity (Wildman–Crippen MR) is 85.3 cm³/mol. The molecule has 23 heavy (non-hydrogen) atoms. The Morgan fingerprint density at radius 1 is 1.22 bits per heavy atom. The molecule has 122 valence electrons. The number of aryl methyl sites for hydroxylation is 1. The van der Waals surface area contributed by atoms with Crippen molar-refractivity contribution in [3.8, 4) is 5.82 Å². The number of amides is 2. The third kappa shape index (κ3) is 3.13. The molecule has 0 spiro atoms. The first-order chi connectivity index (χ1) is 11.1. The lowest BCUT2D eigenvalue weighted by molar-refractivity contribution is -0.129. The highest BCUT2D eigenvalue weighted by Gasteiger charge is 2.24. The van der Waals surface area contributed by atoms with E-state index in [9.17, 15) is 9.59 Å². The first-order valence-corrected chi connectivity index (χ1v) is 7.78. The molecule has 0 atom stereocenters. The lowest BCUT2D eigenvalue weighted by Gasteiger charge is -2.31. The molecule has 1 N–H and O–H groups in total. The van der Waals surface area contributed by atoms with Gasteiger partial charge in [-0.1, -0.05) is 0 Å². The number of carbonyl (C=O) groups is 2. The Balaban J connectivity index is 1.69. The molecule has 0 aliphatic carbocycles. The molecule has 3 heterocycles. The Morgan fingerprint density at radius 2 is 1.87 bits per heavy atom. The van der Waals surface area contributed by atoms with Crippen LogP contribution in [0.15, 0.2) is 30.7 Å². The highest BCUT2D eigenvalue weighted by atomic mass is 16.2. The smallest absolute Gasteiger partial charge is 0.256 e. The van der Waals surface area contributed by atoms with E-state index in [-0.39, 0.29) is 17.9 Å². The van der Waals surface area contributed by atoms with E-state index in [0.29, 0.717) is 18.7 Å². The molecule has 3 rings (SSSR count). The molecule has 2 aromatic heterocycles. The Labute approximate surface area is 134 Å². The van der Waals surface area contributed by atoms with Crippen LogP contribution in [-0.4, -0.2) is 50.2 Å². The topological polar surface area (TPSA) is 72.2 Å². The normalized spacial score (nSPS) is 15.7. The fourth-order valence-corrected chi connectivity index (χ4v) is 2.98. The van der Waals surface area contributed by atoms with E-state index in [1.165, 1.54) is 0 Å². The number of nitrogens with one attached hydrogen (secondary N) is 1. The van der Waals surface area contributed by atoms with Crippen molar-refractivity contribution in [1.82, 2.24) is 24.6 Å². The minimum absolute atomic E-state index is 0.0934. The van der Waals surface area contributed by atoms with Crippen LogP contribution in [0.5, 0.6) is 0 Å². The fourth-order valence-electron chi connectivity index (χ4n) is 2.98. The number of nitrogens with zero attached hydrogens (tertiary/aromatic N) is 4. The second-order valence-corrected chi connectivity index (χ2v) is 5.85. The molecule has 2 amide bonds. The van der Waals surface area contributed by atoms with Gasteiger partial charge in [-0.05, 0) is 25.0 Å². The van der Waals surface area contributed by atoms with E-state index >= 15 is 0 Å². The van der Waals surface area contributed by atoms with Crippen LogP contribution >= 0.6 is 0 Å². The number of hydrogen-bond donors (Lipinski definition) is 1. The third-order valence-corrected chi connectivity index (χ3v) is 4.28. The van der Waals surface area contributed by atoms with E-state index in [1.54, 1.807) is 17.8 Å². The Morgan fingerprint density at radius 3 is 2.48 bits per heavy atom. The molecule has 1 fully saturated rings. The third-order valence-electron chi connectivity index (χ3n) is 4.28. The molecule has 0 radical (unpaired) electrons. The van der Waals surface area contributed by atoms with Crippen LogP contribution in [0.1, 0.15) is 30.1 Å². The van der Waals surface area contributed by atoms with Crippen molar-refractivity contribution in [3.05, 3.63) is 36.3 Å². The summed E-state index contributed by atoms with van der Waals surface area (Å²) in [5, 5.41) is 7.27. The summed E-state index contributed by atoms with van der Waals surface area (Å²) in [6, 6.07) is 3.91. The SMILES string of the molecule is CC(=O)N1CCC(NC(=O)c2cnn(C)c2-n2cccc2)CC1. The van der Waals surface area contributed by atoms with Crippen molar-refractivity contribution in [2.45, 2.75) is 25.8 Å². The molecule has 0 bridgehead atoms. The quantitative estimate of drug-likeness (QED) is 0.916. The number of piperidine rings is 1. The number of aromatic nitrogens is 3. The van der Waals surface area contributed by atoms with Crippen LogP contribution in [0.25, 0.3) is 5.82 Å². The highest BCUT2D eigenvalue weighted by Crippen LogP contribution is 2.16. The maximum absolute atomic E-state index is 12.6. The van der Waals surface area contributed by atoms with E-state index in [1.807, 2.05) is 41.0 Å². The van der Waals surface area contributed by atoms with Gasteiger partial charge in [-0.25, -0.2) is 0 Å². The van der Waals surface area contributed by atoms with E-state index in [4.69, 9.17) is 0 Å². The molecule has 1 aliphatic heterocycles. The zero-order chi connectivity index (χ0) is 16.4. The van der Waals surface area contributed by atoms with Gasteiger partial charge in [0.15, 0.2) is 0 Å². The summed E-state index contributed by atoms with van der Waals surface area (Å²) in [7, 11) is 1.82. The van der Waals surface area contributed by atoms with Gasteiger partial charge in [-0.15, -0.1) is 0 Å². The number of hydrogen-bond acceptors (Lipinski definition) is 3. The van der Waals surface area contributed by atoms with E-state index in [2.05, 4.69) is 10.4 Å². The lowest BCUT2D eigenvalue weighted by atomic mass is 10.0. The maximum Gasteiger partial charge on any atom is 0.256 e. The molecule has 0 saturated carbocycles. The second-order valence-electron chi connectivity index (χ2n) is 5.85. The number of likely N-dealkylation sites (tertiary alicyclic amines) is 1. The van der Waals surface area contributed by atoms with Crippen LogP contribution in [0, 0.1) is 0 Å². The molecule has 0 aromatic carbocycles. The monoisotopic (exact) mass is 315 g/mol. The minimum Gasteiger partial charge on any atom is -0.349 e. The van der Waals surface area contributed by atoms with Crippen molar-refractivity contribution >= 4 is 11.8 Å². The molecule has 2 aromatic rings. The molecular weight excluding hydrogens is 294 g/mol. The van der Waals surface area contributed by atoms with Crippen LogP contribution < -0.4 is 5.32 Å². The zero-order valence-electron chi connectivity index (χ0n) is 13.4. The summed E-state index contributed by atoms with van der Waals surface area (Å²) in [6.45, 7) is 2.97. The molecule has 1 saturated heterocycles. The summed E-state index contributed by atoms with van der Waals surface area (Å²) in [5.74, 6) is 0.716. The molecule has 1 aliphatic rings. The second kappa shape index (κ2) is 6.28. The van der Waals surface area contributed by atoms with Crippen molar-refractivity contribution in [2.75, 3.05) is 13.1 Å².